The average Bonchev–Trinajstić information content (AvgIpc) is 4.19. The summed E-state index contributed by atoms with van der Waals surface area (Å²) in [6, 6.07) is 50.6. The normalized spacial score (nSPS) is 26.7. The second-order valence-corrected chi connectivity index (χ2v) is 24.1. The van der Waals surface area contributed by atoms with Crippen molar-refractivity contribution < 1.29 is 0 Å². The first kappa shape index (κ1) is 41.5. The van der Waals surface area contributed by atoms with E-state index >= 15 is 0 Å². The van der Waals surface area contributed by atoms with Gasteiger partial charge in [0.05, 0.1) is 23.1 Å². The van der Waals surface area contributed by atoms with E-state index in [9.17, 15) is 0 Å². The molecule has 3 nitrogen and oxygen atoms in total. The van der Waals surface area contributed by atoms with E-state index in [0.29, 0.717) is 17.9 Å². The number of para-hydroxylation sites is 3. The van der Waals surface area contributed by atoms with E-state index in [1.54, 1.807) is 22.3 Å². The summed E-state index contributed by atoms with van der Waals surface area (Å²) in [5.41, 5.74) is 26.8. The summed E-state index contributed by atoms with van der Waals surface area (Å²) in [6.45, 7) is 15.5. The van der Waals surface area contributed by atoms with Crippen molar-refractivity contribution in [2.45, 2.75) is 107 Å². The summed E-state index contributed by atoms with van der Waals surface area (Å²) < 4.78 is 2.52. The predicted molar refractivity (Wildman–Crippen MR) is 300 cm³/mol. The van der Waals surface area contributed by atoms with Crippen molar-refractivity contribution in [3.8, 4) is 5.69 Å². The monoisotopic (exact) mass is 931 g/mol. The number of anilines is 3. The number of hydrogen-bond acceptors (Lipinski definition) is 2. The number of hydrogen-bond donors (Lipinski definition) is 0. The molecule has 2 aliphatic heterocycles. The smallest absolute Gasteiger partial charge is 0.0629 e. The summed E-state index contributed by atoms with van der Waals surface area (Å²) in [6.07, 6.45) is 23.9. The molecule has 6 aromatic carbocycles. The molecular weight excluding hydrogens is 871 g/mol. The molecule has 0 saturated heterocycles. The highest BCUT2D eigenvalue weighted by atomic mass is 15.2. The zero-order valence-electron chi connectivity index (χ0n) is 42.4. The molecule has 6 atom stereocenters. The second kappa shape index (κ2) is 14.1. The number of aromatic nitrogens is 1. The lowest BCUT2D eigenvalue weighted by Crippen LogP contribution is -2.35. The molecule has 7 aromatic rings. The van der Waals surface area contributed by atoms with Crippen molar-refractivity contribution >= 4 is 50.0 Å². The van der Waals surface area contributed by atoms with Crippen molar-refractivity contribution in [2.24, 2.45) is 11.8 Å². The Morgan fingerprint density at radius 1 is 0.556 bits per heavy atom. The summed E-state index contributed by atoms with van der Waals surface area (Å²) >= 11 is 0. The van der Waals surface area contributed by atoms with Gasteiger partial charge in [-0.15, -0.1) is 0 Å². The van der Waals surface area contributed by atoms with Crippen LogP contribution in [0.1, 0.15) is 118 Å². The summed E-state index contributed by atoms with van der Waals surface area (Å²) in [4.78, 5) is 5.36. The lowest BCUT2D eigenvalue weighted by atomic mass is 9.60. The molecule has 0 spiro atoms. The number of rotatable bonds is 3. The fourth-order valence-corrected chi connectivity index (χ4v) is 16.8. The minimum absolute atomic E-state index is 0.172. The van der Waals surface area contributed by atoms with Crippen LogP contribution in [0.2, 0.25) is 0 Å². The highest BCUT2D eigenvalue weighted by molar-refractivity contribution is 6.10. The molecule has 9 aliphatic rings. The van der Waals surface area contributed by atoms with Gasteiger partial charge in [-0.1, -0.05) is 157 Å². The van der Waals surface area contributed by atoms with Gasteiger partial charge in [0.2, 0.25) is 0 Å². The molecule has 3 heteroatoms. The molecule has 0 saturated carbocycles. The van der Waals surface area contributed by atoms with E-state index in [1.807, 2.05) is 0 Å². The van der Waals surface area contributed by atoms with Crippen molar-refractivity contribution in [1.82, 2.24) is 4.57 Å². The first-order chi connectivity index (χ1) is 35.0. The molecule has 6 unspecified atom stereocenters. The molecule has 0 amide bonds. The van der Waals surface area contributed by atoms with Crippen molar-refractivity contribution in [2.75, 3.05) is 9.80 Å². The Hall–Kier alpha value is -7.10. The topological polar surface area (TPSA) is 11.4 Å². The van der Waals surface area contributed by atoms with Crippen LogP contribution in [-0.2, 0) is 16.2 Å². The van der Waals surface area contributed by atoms with Gasteiger partial charge in [0.15, 0.2) is 0 Å². The zero-order valence-corrected chi connectivity index (χ0v) is 42.4. The summed E-state index contributed by atoms with van der Waals surface area (Å²) in [7, 11) is 0. The molecule has 0 bridgehead atoms. The van der Waals surface area contributed by atoms with Crippen molar-refractivity contribution in [3.63, 3.8) is 0 Å². The molecular formula is C69H61N3. The van der Waals surface area contributed by atoms with E-state index in [4.69, 9.17) is 0 Å². The van der Waals surface area contributed by atoms with Crippen LogP contribution in [0, 0.1) is 11.8 Å². The standard InChI is InChI=1S/C69H61N3/c1-67(2)52-37-40(70-55-25-13-7-19-43(55)44-20-8-14-26-56(44)70)31-34-49(52)61-64(67)62-50-35-32-41(71-57-27-15-9-21-45(57)46-22-10-16-28-58(46)71)38-53(50)68(3,4)66(62)63-51-36-33-42(39-54(51)69(5,6)65(61)63)72-59-29-17-11-23-47(59)48-24-12-18-30-60(48)72/h7-10,13-22,25-39,45,47,57,59,61,64H,11-12,23-24H2,1-6H3. The lowest BCUT2D eigenvalue weighted by molar-refractivity contribution is 0.381. The number of fused-ring (bicyclic) bond motifs is 18. The minimum atomic E-state index is -0.246. The fraction of sp³-hybridized carbons (Fsp3) is 0.275. The molecule has 1 aromatic heterocycles. The van der Waals surface area contributed by atoms with Gasteiger partial charge in [-0.3, -0.25) is 0 Å². The first-order valence-corrected chi connectivity index (χ1v) is 27.0. The summed E-state index contributed by atoms with van der Waals surface area (Å²) in [5.74, 6) is 1.43. The molecule has 72 heavy (non-hydrogen) atoms. The third-order valence-corrected chi connectivity index (χ3v) is 19.7. The van der Waals surface area contributed by atoms with Gasteiger partial charge in [-0.25, -0.2) is 0 Å². The van der Waals surface area contributed by atoms with Crippen molar-refractivity contribution in [3.05, 3.63) is 237 Å². The Bertz CT molecular complexity index is 3790. The maximum absolute atomic E-state index is 2.73. The maximum atomic E-state index is 2.73. The quantitative estimate of drug-likeness (QED) is 0.164. The van der Waals surface area contributed by atoms with Crippen LogP contribution in [0.4, 0.5) is 17.1 Å². The van der Waals surface area contributed by atoms with Crippen LogP contribution >= 0.6 is 0 Å². The Morgan fingerprint density at radius 2 is 1.24 bits per heavy atom. The Morgan fingerprint density at radius 3 is 2.04 bits per heavy atom. The van der Waals surface area contributed by atoms with Crippen LogP contribution in [0.5, 0.6) is 0 Å². The van der Waals surface area contributed by atoms with Gasteiger partial charge in [0.1, 0.15) is 0 Å². The van der Waals surface area contributed by atoms with Gasteiger partial charge >= 0.3 is 0 Å². The Kier molecular flexibility index (Phi) is 8.13. The highest BCUT2D eigenvalue weighted by Crippen LogP contribution is 2.73. The molecule has 16 rings (SSSR count). The molecule has 0 fully saturated rings. The third-order valence-electron chi connectivity index (χ3n) is 19.7. The van der Waals surface area contributed by atoms with Gasteiger partial charge < -0.3 is 14.4 Å². The zero-order chi connectivity index (χ0) is 48.2. The largest absolute Gasteiger partial charge is 0.334 e. The van der Waals surface area contributed by atoms with Gasteiger partial charge in [0, 0.05) is 73.7 Å². The number of allylic oxidation sites excluding steroid dienone is 9. The molecule has 3 heterocycles. The van der Waals surface area contributed by atoms with Crippen molar-refractivity contribution in [1.29, 1.82) is 0 Å². The van der Waals surface area contributed by atoms with Gasteiger partial charge in [-0.2, -0.15) is 0 Å². The third kappa shape index (κ3) is 5.08. The second-order valence-electron chi connectivity index (χ2n) is 24.1. The van der Waals surface area contributed by atoms with E-state index in [-0.39, 0.29) is 34.1 Å². The Balaban J connectivity index is 0.909. The fourth-order valence-electron chi connectivity index (χ4n) is 16.8. The molecule has 0 N–H and O–H groups in total. The van der Waals surface area contributed by atoms with Crippen LogP contribution in [0.3, 0.4) is 0 Å². The molecule has 7 aliphatic carbocycles. The SMILES string of the molecule is CC1(C)C2=C(c3ccc(N4c5ccccc5C5C=CC=CC54)cc31)C1C(C3=C2c2ccc(N4C5=C(CCC=C5)C5CCC=CC54)cc2C3(C)C)c2ccc(-n3c4ccccc4c4ccccc43)cc2C1(C)C. The minimum Gasteiger partial charge on any atom is -0.334 e. The highest BCUT2D eigenvalue weighted by Gasteiger charge is 2.61. The first-order valence-electron chi connectivity index (χ1n) is 27.0. The van der Waals surface area contributed by atoms with E-state index < -0.39 is 0 Å². The number of benzene rings is 6. The van der Waals surface area contributed by atoms with Crippen LogP contribution in [0.25, 0.3) is 38.6 Å². The molecule has 352 valence electrons. The van der Waals surface area contributed by atoms with E-state index in [1.165, 1.54) is 114 Å². The van der Waals surface area contributed by atoms with Crippen LogP contribution < -0.4 is 9.80 Å². The van der Waals surface area contributed by atoms with Gasteiger partial charge in [0.25, 0.3) is 0 Å². The predicted octanol–water partition coefficient (Wildman–Crippen LogP) is 16.8. The van der Waals surface area contributed by atoms with E-state index in [2.05, 4.69) is 232 Å². The van der Waals surface area contributed by atoms with Crippen LogP contribution in [0.15, 0.2) is 198 Å². The number of nitrogens with zero attached hydrogens (tertiary/aromatic N) is 3. The van der Waals surface area contributed by atoms with Crippen LogP contribution in [-0.4, -0.2) is 16.7 Å². The Labute approximate surface area is 424 Å². The average molecular weight is 932 g/mol. The molecule has 0 radical (unpaired) electrons. The lowest BCUT2D eigenvalue weighted by Gasteiger charge is -2.42. The maximum Gasteiger partial charge on any atom is 0.0629 e. The van der Waals surface area contributed by atoms with Gasteiger partial charge in [-0.05, 0) is 159 Å². The van der Waals surface area contributed by atoms with E-state index in [0.717, 1.165) is 6.42 Å². The summed E-state index contributed by atoms with van der Waals surface area (Å²) in [5, 5.41) is 2.61.